The van der Waals surface area contributed by atoms with E-state index < -0.39 is 0 Å². The van der Waals surface area contributed by atoms with Crippen molar-refractivity contribution in [3.8, 4) is 5.69 Å². The number of nitrogens with one attached hydrogen (secondary N) is 1. The summed E-state index contributed by atoms with van der Waals surface area (Å²) in [6.07, 6.45) is 0. The number of H-pyrrole nitrogens is 1. The fourth-order valence-electron chi connectivity index (χ4n) is 2.23. The maximum atomic E-state index is 14.1. The van der Waals surface area contributed by atoms with Gasteiger partial charge in [-0.05, 0) is 59.4 Å². The van der Waals surface area contributed by atoms with Gasteiger partial charge in [-0.25, -0.2) is 8.78 Å². The smallest absolute Gasteiger partial charge is 0.182 e. The summed E-state index contributed by atoms with van der Waals surface area (Å²) in [6, 6.07) is 7.83. The van der Waals surface area contributed by atoms with Crippen LogP contribution in [0.4, 0.5) is 8.78 Å². The Morgan fingerprint density at radius 2 is 1.95 bits per heavy atom. The quantitative estimate of drug-likeness (QED) is 0.455. The van der Waals surface area contributed by atoms with E-state index in [0.29, 0.717) is 25.1 Å². The molecule has 0 saturated heterocycles. The molecule has 3 rings (SSSR count). The van der Waals surface area contributed by atoms with Crippen molar-refractivity contribution in [3.05, 3.63) is 55.9 Å². The van der Waals surface area contributed by atoms with E-state index in [2.05, 4.69) is 4.98 Å². The Kier molecular flexibility index (Phi) is 3.37. The van der Waals surface area contributed by atoms with Crippen LogP contribution in [0.3, 0.4) is 0 Å². The first-order chi connectivity index (χ1) is 9.49. The number of hydrogen-bond acceptors (Lipinski definition) is 1. The molecule has 1 heterocycles. The van der Waals surface area contributed by atoms with Crippen LogP contribution < -0.4 is 0 Å². The molecule has 0 bridgehead atoms. The molecular formula is C14H9F2IN2S. The number of hydrogen-bond donors (Lipinski definition) is 1. The lowest BCUT2D eigenvalue weighted by molar-refractivity contribution is 0.614. The van der Waals surface area contributed by atoms with Crippen LogP contribution in [0.1, 0.15) is 5.56 Å². The second-order valence-corrected chi connectivity index (χ2v) is 6.00. The summed E-state index contributed by atoms with van der Waals surface area (Å²) in [5, 5.41) is 0. The second kappa shape index (κ2) is 4.92. The number of halogens is 3. The fraction of sp³-hybridized carbons (Fsp3) is 0.0714. The highest BCUT2D eigenvalue weighted by Crippen LogP contribution is 2.26. The van der Waals surface area contributed by atoms with E-state index in [4.69, 9.17) is 12.2 Å². The van der Waals surface area contributed by atoms with Crippen molar-refractivity contribution in [3.63, 3.8) is 0 Å². The number of aryl methyl sites for hydroxylation is 1. The predicted molar refractivity (Wildman–Crippen MR) is 85.8 cm³/mol. The molecule has 1 N–H and O–H groups in total. The van der Waals surface area contributed by atoms with Crippen LogP contribution in [0.5, 0.6) is 0 Å². The molecule has 0 fully saturated rings. The first kappa shape index (κ1) is 13.7. The van der Waals surface area contributed by atoms with Crippen LogP contribution in [-0.4, -0.2) is 9.55 Å². The molecule has 1 aromatic heterocycles. The molecular weight excluding hydrogens is 393 g/mol. The Hall–Kier alpha value is -1.28. The molecule has 0 radical (unpaired) electrons. The van der Waals surface area contributed by atoms with Gasteiger partial charge in [0.1, 0.15) is 11.6 Å². The summed E-state index contributed by atoms with van der Waals surface area (Å²) in [7, 11) is 0. The van der Waals surface area contributed by atoms with E-state index in [1.165, 1.54) is 16.7 Å². The number of aromatic nitrogens is 2. The Labute approximate surface area is 132 Å². The van der Waals surface area contributed by atoms with Gasteiger partial charge in [-0.3, -0.25) is 4.57 Å². The Balaban J connectivity index is 2.46. The van der Waals surface area contributed by atoms with Crippen molar-refractivity contribution in [2.45, 2.75) is 6.92 Å². The van der Waals surface area contributed by atoms with E-state index in [0.717, 1.165) is 5.56 Å². The number of benzene rings is 2. The molecule has 0 amide bonds. The zero-order valence-corrected chi connectivity index (χ0v) is 13.4. The summed E-state index contributed by atoms with van der Waals surface area (Å²) in [5.74, 6) is -0.740. The summed E-state index contributed by atoms with van der Waals surface area (Å²) in [4.78, 5) is 2.99. The van der Waals surface area contributed by atoms with Gasteiger partial charge in [-0.1, -0.05) is 12.1 Å². The molecule has 20 heavy (non-hydrogen) atoms. The first-order valence-corrected chi connectivity index (χ1v) is 7.33. The SMILES string of the molecule is Cc1cccc(F)c1-n1c(=S)[nH]c2cc(I)c(F)cc21. The topological polar surface area (TPSA) is 20.7 Å². The van der Waals surface area contributed by atoms with Gasteiger partial charge in [0.25, 0.3) is 0 Å². The minimum Gasteiger partial charge on any atom is -0.330 e. The summed E-state index contributed by atoms with van der Waals surface area (Å²) < 4.78 is 30.3. The minimum atomic E-state index is -0.388. The van der Waals surface area contributed by atoms with Crippen LogP contribution in [-0.2, 0) is 0 Å². The number of rotatable bonds is 1. The largest absolute Gasteiger partial charge is 0.330 e. The van der Waals surface area contributed by atoms with Crippen LogP contribution in [0.15, 0.2) is 30.3 Å². The zero-order chi connectivity index (χ0) is 14.4. The summed E-state index contributed by atoms with van der Waals surface area (Å²) >= 11 is 7.17. The Morgan fingerprint density at radius 1 is 1.20 bits per heavy atom. The molecule has 0 unspecified atom stereocenters. The van der Waals surface area contributed by atoms with Crippen LogP contribution in [0.25, 0.3) is 16.7 Å². The third-order valence-electron chi connectivity index (χ3n) is 3.14. The summed E-state index contributed by atoms with van der Waals surface area (Å²) in [6.45, 7) is 1.79. The van der Waals surface area contributed by atoms with E-state index in [-0.39, 0.29) is 11.6 Å². The van der Waals surface area contributed by atoms with Crippen molar-refractivity contribution in [2.24, 2.45) is 0 Å². The lowest BCUT2D eigenvalue weighted by Crippen LogP contribution is -2.01. The number of para-hydroxylation sites is 1. The van der Waals surface area contributed by atoms with E-state index in [1.54, 1.807) is 25.1 Å². The van der Waals surface area contributed by atoms with Gasteiger partial charge in [0.2, 0.25) is 0 Å². The van der Waals surface area contributed by atoms with Gasteiger partial charge in [0, 0.05) is 6.07 Å². The van der Waals surface area contributed by atoms with Crippen molar-refractivity contribution < 1.29 is 8.78 Å². The highest BCUT2D eigenvalue weighted by Gasteiger charge is 2.14. The van der Waals surface area contributed by atoms with Gasteiger partial charge in [-0.2, -0.15) is 0 Å². The van der Waals surface area contributed by atoms with E-state index in [9.17, 15) is 8.78 Å². The molecule has 3 aromatic rings. The maximum Gasteiger partial charge on any atom is 0.182 e. The molecule has 0 saturated carbocycles. The third-order valence-corrected chi connectivity index (χ3v) is 4.25. The molecule has 0 aliphatic heterocycles. The van der Waals surface area contributed by atoms with Crippen LogP contribution in [0, 0.1) is 26.9 Å². The standard InChI is InChI=1S/C14H9F2IN2S/c1-7-3-2-4-8(15)13(7)19-12-5-9(16)10(17)6-11(12)18-14(19)20/h2-6H,1H3,(H,18,20). The highest BCUT2D eigenvalue weighted by molar-refractivity contribution is 14.1. The van der Waals surface area contributed by atoms with Crippen molar-refractivity contribution >= 4 is 45.8 Å². The molecule has 2 nitrogen and oxygen atoms in total. The lowest BCUT2D eigenvalue weighted by Gasteiger charge is -2.09. The van der Waals surface area contributed by atoms with Crippen molar-refractivity contribution in [2.75, 3.05) is 0 Å². The van der Waals surface area contributed by atoms with Crippen molar-refractivity contribution in [1.29, 1.82) is 0 Å². The molecule has 6 heteroatoms. The van der Waals surface area contributed by atoms with Crippen LogP contribution >= 0.6 is 34.8 Å². The maximum absolute atomic E-state index is 14.1. The van der Waals surface area contributed by atoms with Gasteiger partial charge in [-0.15, -0.1) is 0 Å². The summed E-state index contributed by atoms with van der Waals surface area (Å²) in [5.41, 5.74) is 2.30. The minimum absolute atomic E-state index is 0.342. The molecule has 0 atom stereocenters. The number of imidazole rings is 1. The molecule has 102 valence electrons. The van der Waals surface area contributed by atoms with Crippen molar-refractivity contribution in [1.82, 2.24) is 9.55 Å². The predicted octanol–water partition coefficient (Wildman–Crippen LogP) is 4.88. The Morgan fingerprint density at radius 3 is 2.65 bits per heavy atom. The molecule has 0 spiro atoms. The monoisotopic (exact) mass is 402 g/mol. The fourth-order valence-corrected chi connectivity index (χ4v) is 3.00. The third kappa shape index (κ3) is 2.07. The molecule has 2 aromatic carbocycles. The van der Waals surface area contributed by atoms with Gasteiger partial charge < -0.3 is 4.98 Å². The average molecular weight is 402 g/mol. The zero-order valence-electron chi connectivity index (χ0n) is 10.4. The van der Waals surface area contributed by atoms with Crippen LogP contribution in [0.2, 0.25) is 0 Å². The second-order valence-electron chi connectivity index (χ2n) is 4.45. The van der Waals surface area contributed by atoms with Gasteiger partial charge in [0.15, 0.2) is 4.77 Å². The number of aromatic amines is 1. The Bertz CT molecular complexity index is 862. The molecule has 0 aliphatic rings. The highest BCUT2D eigenvalue weighted by atomic mass is 127. The van der Waals surface area contributed by atoms with E-state index in [1.807, 2.05) is 22.6 Å². The first-order valence-electron chi connectivity index (χ1n) is 5.84. The van der Waals surface area contributed by atoms with Gasteiger partial charge >= 0.3 is 0 Å². The number of nitrogens with zero attached hydrogens (tertiary/aromatic N) is 1. The average Bonchev–Trinajstić information content (AvgIpc) is 2.67. The van der Waals surface area contributed by atoms with E-state index >= 15 is 0 Å². The molecule has 0 aliphatic carbocycles. The normalized spacial score (nSPS) is 11.2. The lowest BCUT2D eigenvalue weighted by atomic mass is 10.2. The number of fused-ring (bicyclic) bond motifs is 1. The van der Waals surface area contributed by atoms with Gasteiger partial charge in [0.05, 0.1) is 20.3 Å².